The Bertz CT molecular complexity index is 976. The molecule has 1 aromatic heterocycles. The van der Waals surface area contributed by atoms with Crippen LogP contribution in [0.3, 0.4) is 0 Å². The largest absolute Gasteiger partial charge is 0.489 e. The average Bonchev–Trinajstić information content (AvgIpc) is 2.98. The summed E-state index contributed by atoms with van der Waals surface area (Å²) in [6.45, 7) is 3.96. The second kappa shape index (κ2) is 8.38. The molecule has 1 amide bonds. The van der Waals surface area contributed by atoms with Gasteiger partial charge >= 0.3 is 6.18 Å². The summed E-state index contributed by atoms with van der Waals surface area (Å²) in [4.78, 5) is 12.1. The summed E-state index contributed by atoms with van der Waals surface area (Å²) in [5.74, 6) is 0.908. The van der Waals surface area contributed by atoms with Crippen molar-refractivity contribution in [2.75, 3.05) is 5.32 Å². The van der Waals surface area contributed by atoms with E-state index in [0.29, 0.717) is 23.7 Å². The Hall–Kier alpha value is -3.29. The summed E-state index contributed by atoms with van der Waals surface area (Å²) in [6, 6.07) is 11.4. The molecule has 8 heteroatoms. The number of carbonyl (C=O) groups is 1. The number of halogens is 3. The molecule has 1 heterocycles. The number of nitrogens with one attached hydrogen (secondary N) is 1. The molecule has 0 fully saturated rings. The summed E-state index contributed by atoms with van der Waals surface area (Å²) in [5, 5.41) is 6.35. The van der Waals surface area contributed by atoms with Crippen LogP contribution in [-0.4, -0.2) is 11.1 Å². The molecule has 0 saturated heterocycles. The van der Waals surface area contributed by atoms with Gasteiger partial charge in [0.05, 0.1) is 23.2 Å². The Kier molecular flexibility index (Phi) is 5.91. The minimum Gasteiger partial charge on any atom is -0.489 e. The Morgan fingerprint density at radius 1 is 1.14 bits per heavy atom. The normalized spacial score (nSPS) is 11.3. The van der Waals surface area contributed by atoms with Crippen LogP contribution in [0, 0.1) is 13.8 Å². The van der Waals surface area contributed by atoms with E-state index < -0.39 is 17.6 Å². The van der Waals surface area contributed by atoms with E-state index >= 15 is 0 Å². The first-order valence-corrected chi connectivity index (χ1v) is 8.83. The van der Waals surface area contributed by atoms with Crippen molar-refractivity contribution in [2.24, 2.45) is 0 Å². The number of alkyl halides is 3. The van der Waals surface area contributed by atoms with Crippen LogP contribution in [0.5, 0.6) is 5.75 Å². The van der Waals surface area contributed by atoms with Crippen LogP contribution in [0.25, 0.3) is 0 Å². The molecule has 0 atom stereocenters. The van der Waals surface area contributed by atoms with Crippen molar-refractivity contribution in [3.63, 3.8) is 0 Å². The fourth-order valence-corrected chi connectivity index (χ4v) is 2.73. The highest BCUT2D eigenvalue weighted by Gasteiger charge is 2.30. The van der Waals surface area contributed by atoms with E-state index in [1.54, 1.807) is 24.3 Å². The smallest absolute Gasteiger partial charge is 0.416 e. The van der Waals surface area contributed by atoms with Crippen LogP contribution in [0.2, 0.25) is 0 Å². The third-order valence-corrected chi connectivity index (χ3v) is 4.33. The van der Waals surface area contributed by atoms with Gasteiger partial charge in [0, 0.05) is 5.69 Å². The second-order valence-corrected chi connectivity index (χ2v) is 6.54. The van der Waals surface area contributed by atoms with Gasteiger partial charge in [-0.05, 0) is 49.7 Å². The van der Waals surface area contributed by atoms with Gasteiger partial charge in [-0.25, -0.2) is 0 Å². The van der Waals surface area contributed by atoms with Crippen LogP contribution >= 0.6 is 0 Å². The molecule has 3 rings (SSSR count). The number of aromatic nitrogens is 1. The zero-order valence-electron chi connectivity index (χ0n) is 15.8. The minimum absolute atomic E-state index is 0.0282. The summed E-state index contributed by atoms with van der Waals surface area (Å²) in [7, 11) is 0. The van der Waals surface area contributed by atoms with Gasteiger partial charge in [-0.15, -0.1) is 0 Å². The summed E-state index contributed by atoms with van der Waals surface area (Å²) >= 11 is 0. The molecule has 0 radical (unpaired) electrons. The van der Waals surface area contributed by atoms with Crippen molar-refractivity contribution in [2.45, 2.75) is 33.1 Å². The zero-order valence-corrected chi connectivity index (χ0v) is 15.8. The summed E-state index contributed by atoms with van der Waals surface area (Å²) in [5.41, 5.74) is 1.65. The fourth-order valence-electron chi connectivity index (χ4n) is 2.73. The highest BCUT2D eigenvalue weighted by molar-refractivity contribution is 5.92. The molecule has 2 aromatic carbocycles. The van der Waals surface area contributed by atoms with E-state index in [-0.39, 0.29) is 12.1 Å². The van der Waals surface area contributed by atoms with Gasteiger partial charge in [0.1, 0.15) is 18.1 Å². The predicted molar refractivity (Wildman–Crippen MR) is 101 cm³/mol. The Balaban J connectivity index is 1.56. The van der Waals surface area contributed by atoms with Gasteiger partial charge < -0.3 is 14.6 Å². The lowest BCUT2D eigenvalue weighted by atomic mass is 10.1. The number of ether oxygens (including phenoxy) is 1. The van der Waals surface area contributed by atoms with Crippen molar-refractivity contribution in [1.82, 2.24) is 5.16 Å². The van der Waals surface area contributed by atoms with Crippen LogP contribution in [-0.2, 0) is 24.0 Å². The monoisotopic (exact) mass is 404 g/mol. The summed E-state index contributed by atoms with van der Waals surface area (Å²) in [6.07, 6.45) is -4.43. The van der Waals surface area contributed by atoms with Gasteiger partial charge in [-0.3, -0.25) is 4.79 Å². The molecule has 0 saturated carbocycles. The van der Waals surface area contributed by atoms with Crippen LogP contribution in [0.15, 0.2) is 53.1 Å². The molecule has 0 aliphatic rings. The summed E-state index contributed by atoms with van der Waals surface area (Å²) < 4.78 is 49.1. The maximum Gasteiger partial charge on any atom is 0.416 e. The lowest BCUT2D eigenvalue weighted by molar-refractivity contribution is -0.137. The Labute approximate surface area is 165 Å². The highest BCUT2D eigenvalue weighted by Crippen LogP contribution is 2.30. The molecular formula is C21H19F3N2O3. The molecule has 0 aliphatic carbocycles. The number of rotatable bonds is 6. The predicted octanol–water partition coefficient (Wildman–Crippen LogP) is 5.07. The van der Waals surface area contributed by atoms with Gasteiger partial charge in [-0.2, -0.15) is 13.2 Å². The number of aryl methyl sites for hydroxylation is 2. The molecule has 0 aliphatic heterocycles. The first-order chi connectivity index (χ1) is 13.7. The molecule has 0 unspecified atom stereocenters. The molecule has 152 valence electrons. The Morgan fingerprint density at radius 3 is 2.48 bits per heavy atom. The number of amides is 1. The molecule has 5 nitrogen and oxygen atoms in total. The first-order valence-electron chi connectivity index (χ1n) is 8.83. The van der Waals surface area contributed by atoms with Gasteiger partial charge in [-0.1, -0.05) is 23.4 Å². The third kappa shape index (κ3) is 5.37. The van der Waals surface area contributed by atoms with E-state index in [1.165, 1.54) is 12.1 Å². The molecule has 3 aromatic rings. The van der Waals surface area contributed by atoms with E-state index in [9.17, 15) is 18.0 Å². The molecule has 0 spiro atoms. The maximum absolute atomic E-state index is 12.8. The van der Waals surface area contributed by atoms with E-state index in [0.717, 1.165) is 23.4 Å². The van der Waals surface area contributed by atoms with E-state index in [4.69, 9.17) is 9.26 Å². The van der Waals surface area contributed by atoms with Crippen LogP contribution in [0.1, 0.15) is 28.1 Å². The number of hydrogen-bond donors (Lipinski definition) is 1. The number of nitrogens with zero attached hydrogens (tertiary/aromatic N) is 1. The van der Waals surface area contributed by atoms with Crippen molar-refractivity contribution >= 4 is 11.6 Å². The topological polar surface area (TPSA) is 64.4 Å². The molecular weight excluding hydrogens is 385 g/mol. The van der Waals surface area contributed by atoms with Gasteiger partial charge in [0.15, 0.2) is 0 Å². The van der Waals surface area contributed by atoms with Crippen molar-refractivity contribution < 1.29 is 27.2 Å². The highest BCUT2D eigenvalue weighted by atomic mass is 19.4. The third-order valence-electron chi connectivity index (χ3n) is 4.33. The average molecular weight is 404 g/mol. The number of benzene rings is 2. The quantitative estimate of drug-likeness (QED) is 0.623. The molecule has 0 bridgehead atoms. The SMILES string of the molecule is Cc1noc(C)c1COc1ccc(CC(=O)Nc2cccc(C(F)(F)F)c2)cc1. The minimum atomic E-state index is -4.46. The standard InChI is InChI=1S/C21H19F3N2O3/c1-13-19(14(2)29-26-13)12-28-18-8-6-15(7-9-18)10-20(27)25-17-5-3-4-16(11-17)21(22,23)24/h3-9,11H,10,12H2,1-2H3,(H,25,27). The van der Waals surface area contributed by atoms with Crippen molar-refractivity contribution in [3.05, 3.63) is 76.7 Å². The maximum atomic E-state index is 12.8. The first kappa shape index (κ1) is 20.4. The number of carbonyl (C=O) groups excluding carboxylic acids is 1. The molecule has 1 N–H and O–H groups in total. The number of hydrogen-bond acceptors (Lipinski definition) is 4. The lowest BCUT2D eigenvalue weighted by Gasteiger charge is -2.10. The van der Waals surface area contributed by atoms with Gasteiger partial charge in [0.25, 0.3) is 0 Å². The van der Waals surface area contributed by atoms with Crippen molar-refractivity contribution in [1.29, 1.82) is 0 Å². The molecule has 29 heavy (non-hydrogen) atoms. The number of anilines is 1. The second-order valence-electron chi connectivity index (χ2n) is 6.54. The van der Waals surface area contributed by atoms with Crippen LogP contribution < -0.4 is 10.1 Å². The van der Waals surface area contributed by atoms with Gasteiger partial charge in [0.2, 0.25) is 5.91 Å². The van der Waals surface area contributed by atoms with Crippen molar-refractivity contribution in [3.8, 4) is 5.75 Å². The van der Waals surface area contributed by atoms with E-state index in [1.807, 2.05) is 13.8 Å². The van der Waals surface area contributed by atoms with Crippen LogP contribution in [0.4, 0.5) is 18.9 Å². The zero-order chi connectivity index (χ0) is 21.0. The Morgan fingerprint density at radius 2 is 1.86 bits per heavy atom. The lowest BCUT2D eigenvalue weighted by Crippen LogP contribution is -2.15. The fraction of sp³-hybridized carbons (Fsp3) is 0.238. The van der Waals surface area contributed by atoms with E-state index in [2.05, 4.69) is 10.5 Å².